The summed E-state index contributed by atoms with van der Waals surface area (Å²) in [5.41, 5.74) is 6.88. The molecule has 0 amide bonds. The zero-order valence-corrected chi connectivity index (χ0v) is 6.85. The lowest BCUT2D eigenvalue weighted by Gasteiger charge is -2.06. The van der Waals surface area contributed by atoms with Gasteiger partial charge in [0, 0.05) is 10.6 Å². The van der Waals surface area contributed by atoms with Gasteiger partial charge in [-0.05, 0) is 35.7 Å². The van der Waals surface area contributed by atoms with Crippen LogP contribution in [-0.2, 0) is 11.1 Å². The lowest BCUT2D eigenvalue weighted by Crippen LogP contribution is -1.93. The SMILES string of the molecule is Cc1ccc(S(=O)[O-])cc1N. The summed E-state index contributed by atoms with van der Waals surface area (Å²) in [7, 11) is 0. The van der Waals surface area contributed by atoms with E-state index in [1.807, 2.05) is 6.92 Å². The van der Waals surface area contributed by atoms with E-state index in [2.05, 4.69) is 0 Å². The molecule has 0 heterocycles. The van der Waals surface area contributed by atoms with Gasteiger partial charge in [-0.25, -0.2) is 0 Å². The average Bonchev–Trinajstić information content (AvgIpc) is 1.94. The van der Waals surface area contributed by atoms with Crippen LogP contribution in [0.3, 0.4) is 0 Å². The lowest BCUT2D eigenvalue weighted by molar-refractivity contribution is 0.537. The van der Waals surface area contributed by atoms with Crippen molar-refractivity contribution in [2.45, 2.75) is 11.8 Å². The highest BCUT2D eigenvalue weighted by molar-refractivity contribution is 7.79. The molecule has 1 rings (SSSR count). The molecular weight excluding hydrogens is 162 g/mol. The molecule has 0 aromatic heterocycles. The number of rotatable bonds is 1. The van der Waals surface area contributed by atoms with Crippen LogP contribution in [0.2, 0.25) is 0 Å². The van der Waals surface area contributed by atoms with Gasteiger partial charge in [-0.3, -0.25) is 4.21 Å². The van der Waals surface area contributed by atoms with Crippen molar-refractivity contribution in [2.24, 2.45) is 0 Å². The van der Waals surface area contributed by atoms with Crippen LogP contribution >= 0.6 is 0 Å². The number of nitrogens with two attached hydrogens (primary N) is 1. The minimum atomic E-state index is -2.18. The molecule has 1 unspecified atom stereocenters. The van der Waals surface area contributed by atoms with Gasteiger partial charge >= 0.3 is 0 Å². The van der Waals surface area contributed by atoms with Crippen LogP contribution < -0.4 is 5.73 Å². The Bertz CT molecular complexity index is 298. The van der Waals surface area contributed by atoms with E-state index in [4.69, 9.17) is 5.73 Å². The minimum absolute atomic E-state index is 0.230. The fourth-order valence-electron chi connectivity index (χ4n) is 0.722. The molecule has 4 heteroatoms. The van der Waals surface area contributed by atoms with Gasteiger partial charge < -0.3 is 10.3 Å². The zero-order valence-electron chi connectivity index (χ0n) is 6.03. The summed E-state index contributed by atoms with van der Waals surface area (Å²) in [6, 6.07) is 4.65. The summed E-state index contributed by atoms with van der Waals surface area (Å²) in [4.78, 5) is 0.230. The molecule has 1 aromatic carbocycles. The molecule has 0 saturated carbocycles. The van der Waals surface area contributed by atoms with Gasteiger partial charge in [-0.2, -0.15) is 0 Å². The first-order valence-electron chi connectivity index (χ1n) is 3.06. The first-order valence-corrected chi connectivity index (χ1v) is 4.14. The number of nitrogen functional groups attached to an aromatic ring is 1. The molecule has 11 heavy (non-hydrogen) atoms. The quantitative estimate of drug-likeness (QED) is 0.501. The molecule has 0 aliphatic rings. The Morgan fingerprint density at radius 3 is 2.64 bits per heavy atom. The Hall–Kier alpha value is -0.870. The third kappa shape index (κ3) is 1.78. The highest BCUT2D eigenvalue weighted by atomic mass is 32.2. The van der Waals surface area contributed by atoms with E-state index in [0.717, 1.165) is 5.56 Å². The van der Waals surface area contributed by atoms with E-state index in [1.165, 1.54) is 12.1 Å². The predicted molar refractivity (Wildman–Crippen MR) is 42.8 cm³/mol. The van der Waals surface area contributed by atoms with Gasteiger partial charge in [0.05, 0.1) is 0 Å². The Morgan fingerprint density at radius 1 is 1.55 bits per heavy atom. The molecule has 0 bridgehead atoms. The molecule has 60 valence electrons. The van der Waals surface area contributed by atoms with Gasteiger partial charge in [0.2, 0.25) is 0 Å². The van der Waals surface area contributed by atoms with Crippen LogP contribution in [0.1, 0.15) is 5.56 Å². The van der Waals surface area contributed by atoms with E-state index >= 15 is 0 Å². The first-order chi connectivity index (χ1) is 5.11. The molecule has 2 N–H and O–H groups in total. The van der Waals surface area contributed by atoms with Crippen LogP contribution in [0.5, 0.6) is 0 Å². The van der Waals surface area contributed by atoms with Crippen molar-refractivity contribution >= 4 is 16.8 Å². The number of hydrogen-bond donors (Lipinski definition) is 1. The van der Waals surface area contributed by atoms with Crippen LogP contribution in [0.15, 0.2) is 23.1 Å². The van der Waals surface area contributed by atoms with Crippen molar-refractivity contribution in [2.75, 3.05) is 5.73 Å². The van der Waals surface area contributed by atoms with Crippen molar-refractivity contribution in [1.82, 2.24) is 0 Å². The van der Waals surface area contributed by atoms with E-state index in [-0.39, 0.29) is 4.90 Å². The van der Waals surface area contributed by atoms with E-state index in [0.29, 0.717) is 5.69 Å². The third-order valence-corrected chi connectivity index (χ3v) is 2.08. The average molecular weight is 170 g/mol. The predicted octanol–water partition coefficient (Wildman–Crippen LogP) is 0.815. The van der Waals surface area contributed by atoms with Crippen molar-refractivity contribution in [3.8, 4) is 0 Å². The lowest BCUT2D eigenvalue weighted by atomic mass is 10.2. The Balaban J connectivity index is 3.15. The van der Waals surface area contributed by atoms with Crippen LogP contribution in [0, 0.1) is 6.92 Å². The summed E-state index contributed by atoms with van der Waals surface area (Å²) in [6.07, 6.45) is 0. The van der Waals surface area contributed by atoms with E-state index in [9.17, 15) is 8.76 Å². The maximum absolute atomic E-state index is 10.4. The Labute approximate surface area is 67.5 Å². The fourth-order valence-corrected chi connectivity index (χ4v) is 1.12. The summed E-state index contributed by atoms with van der Waals surface area (Å²) in [5.74, 6) is 0. The maximum Gasteiger partial charge on any atom is 0.0355 e. The van der Waals surface area contributed by atoms with E-state index in [1.54, 1.807) is 6.07 Å². The zero-order chi connectivity index (χ0) is 8.43. The van der Waals surface area contributed by atoms with Crippen LogP contribution in [-0.4, -0.2) is 8.76 Å². The first kappa shape index (κ1) is 8.23. The van der Waals surface area contributed by atoms with Crippen LogP contribution in [0.4, 0.5) is 5.69 Å². The topological polar surface area (TPSA) is 66.1 Å². The van der Waals surface area contributed by atoms with Crippen molar-refractivity contribution < 1.29 is 8.76 Å². The monoisotopic (exact) mass is 170 g/mol. The Kier molecular flexibility index (Phi) is 2.26. The molecule has 0 aliphatic carbocycles. The summed E-state index contributed by atoms with van der Waals surface area (Å²) in [5, 5.41) is 0. The Morgan fingerprint density at radius 2 is 2.18 bits per heavy atom. The number of aryl methyl sites for hydroxylation is 1. The number of benzene rings is 1. The van der Waals surface area contributed by atoms with Gasteiger partial charge in [0.25, 0.3) is 0 Å². The molecule has 1 atom stereocenters. The molecule has 0 aliphatic heterocycles. The number of anilines is 1. The standard InChI is InChI=1S/C7H9NO2S/c1-5-2-3-6(11(9)10)4-7(5)8/h2-4H,8H2,1H3,(H,9,10)/p-1. The van der Waals surface area contributed by atoms with Crippen molar-refractivity contribution in [3.63, 3.8) is 0 Å². The van der Waals surface area contributed by atoms with Crippen molar-refractivity contribution in [3.05, 3.63) is 23.8 Å². The molecule has 0 spiro atoms. The second-order valence-corrected chi connectivity index (χ2v) is 3.19. The highest BCUT2D eigenvalue weighted by Gasteiger charge is 1.95. The highest BCUT2D eigenvalue weighted by Crippen LogP contribution is 2.14. The van der Waals surface area contributed by atoms with Gasteiger partial charge in [0.1, 0.15) is 0 Å². The molecule has 0 fully saturated rings. The largest absolute Gasteiger partial charge is 0.768 e. The molecule has 1 aromatic rings. The van der Waals surface area contributed by atoms with Gasteiger partial charge in [0.15, 0.2) is 0 Å². The van der Waals surface area contributed by atoms with Crippen LogP contribution in [0.25, 0.3) is 0 Å². The van der Waals surface area contributed by atoms with Crippen molar-refractivity contribution in [1.29, 1.82) is 0 Å². The normalized spacial score (nSPS) is 12.9. The molecular formula is C7H8NO2S-. The number of hydrogen-bond acceptors (Lipinski definition) is 3. The molecule has 3 nitrogen and oxygen atoms in total. The van der Waals surface area contributed by atoms with Gasteiger partial charge in [-0.15, -0.1) is 0 Å². The van der Waals surface area contributed by atoms with E-state index < -0.39 is 11.1 Å². The fraction of sp³-hybridized carbons (Fsp3) is 0.143. The minimum Gasteiger partial charge on any atom is -0.768 e. The summed E-state index contributed by atoms with van der Waals surface area (Å²) in [6.45, 7) is 1.83. The summed E-state index contributed by atoms with van der Waals surface area (Å²) < 4.78 is 20.8. The molecule has 0 saturated heterocycles. The smallest absolute Gasteiger partial charge is 0.0355 e. The third-order valence-electron chi connectivity index (χ3n) is 1.44. The second-order valence-electron chi connectivity index (χ2n) is 2.25. The van der Waals surface area contributed by atoms with Gasteiger partial charge in [-0.1, -0.05) is 6.07 Å². The maximum atomic E-state index is 10.4. The summed E-state index contributed by atoms with van der Waals surface area (Å²) >= 11 is -2.18. The second kappa shape index (κ2) is 3.02. The molecule has 0 radical (unpaired) electrons.